The van der Waals surface area contributed by atoms with Crippen LogP contribution >= 0.6 is 0 Å². The van der Waals surface area contributed by atoms with Crippen LogP contribution in [0.4, 0.5) is 0 Å². The summed E-state index contributed by atoms with van der Waals surface area (Å²) in [6, 6.07) is 5.46. The summed E-state index contributed by atoms with van der Waals surface area (Å²) in [6.07, 6.45) is 2.36. The minimum Gasteiger partial charge on any atom is -0.497 e. The number of rotatable bonds is 3. The molecular weight excluding hydrogens is 282 g/mol. The van der Waals surface area contributed by atoms with Gasteiger partial charge in [-0.05, 0) is 55.4 Å². The van der Waals surface area contributed by atoms with E-state index in [-0.39, 0.29) is 17.2 Å². The Hall–Kier alpha value is -2.04. The Kier molecular flexibility index (Phi) is 3.59. The first kappa shape index (κ1) is 14.9. The first-order valence-corrected chi connectivity index (χ1v) is 7.63. The SMILES string of the molecule is COc1ccc(C(=O)N2CCC3(CC2)CC3C(=O)O)c(C)c1. The fourth-order valence-electron chi connectivity index (χ4n) is 3.58. The molecule has 2 aliphatic rings. The number of aryl methyl sites for hydroxylation is 1. The zero-order valence-corrected chi connectivity index (χ0v) is 13.0. The molecule has 1 aliphatic carbocycles. The van der Waals surface area contributed by atoms with Gasteiger partial charge in [-0.2, -0.15) is 0 Å². The summed E-state index contributed by atoms with van der Waals surface area (Å²) in [5.41, 5.74) is 1.55. The zero-order valence-electron chi connectivity index (χ0n) is 13.0. The standard InChI is InChI=1S/C17H21NO4/c1-11-9-12(22-2)3-4-13(11)15(19)18-7-5-17(6-8-18)10-14(17)16(20)21/h3-4,9,14H,5-8,10H2,1-2H3,(H,20,21). The lowest BCUT2D eigenvalue weighted by molar-refractivity contribution is -0.139. The number of hydrogen-bond donors (Lipinski definition) is 1. The number of aliphatic carboxylic acids is 1. The number of nitrogens with zero attached hydrogens (tertiary/aromatic N) is 1. The van der Waals surface area contributed by atoms with Gasteiger partial charge in [0.2, 0.25) is 0 Å². The fraction of sp³-hybridized carbons (Fsp3) is 0.529. The summed E-state index contributed by atoms with van der Waals surface area (Å²) >= 11 is 0. The highest BCUT2D eigenvalue weighted by atomic mass is 16.5. The molecule has 0 radical (unpaired) electrons. The van der Waals surface area contributed by atoms with Gasteiger partial charge >= 0.3 is 5.97 Å². The number of methoxy groups -OCH3 is 1. The van der Waals surface area contributed by atoms with Gasteiger partial charge in [0.1, 0.15) is 5.75 Å². The van der Waals surface area contributed by atoms with E-state index in [0.29, 0.717) is 18.7 Å². The summed E-state index contributed by atoms with van der Waals surface area (Å²) < 4.78 is 5.16. The second-order valence-corrected chi connectivity index (χ2v) is 6.43. The number of carbonyl (C=O) groups is 2. The number of ether oxygens (including phenoxy) is 1. The first-order chi connectivity index (χ1) is 10.5. The predicted octanol–water partition coefficient (Wildman–Crippen LogP) is 2.33. The maximum atomic E-state index is 12.6. The van der Waals surface area contributed by atoms with Crippen molar-refractivity contribution in [1.82, 2.24) is 4.90 Å². The summed E-state index contributed by atoms with van der Waals surface area (Å²) in [4.78, 5) is 25.6. The van der Waals surface area contributed by atoms with E-state index in [1.54, 1.807) is 19.2 Å². The average molecular weight is 303 g/mol. The van der Waals surface area contributed by atoms with Gasteiger partial charge in [0.15, 0.2) is 0 Å². The highest BCUT2D eigenvalue weighted by Gasteiger charge is 2.59. The summed E-state index contributed by atoms with van der Waals surface area (Å²) in [5, 5.41) is 9.12. The molecule has 1 aromatic carbocycles. The minimum absolute atomic E-state index is 0.0301. The number of hydrogen-bond acceptors (Lipinski definition) is 3. The maximum Gasteiger partial charge on any atom is 0.307 e. The van der Waals surface area contributed by atoms with Crippen LogP contribution in [0, 0.1) is 18.3 Å². The van der Waals surface area contributed by atoms with Crippen LogP contribution in [0.25, 0.3) is 0 Å². The smallest absolute Gasteiger partial charge is 0.307 e. The van der Waals surface area contributed by atoms with E-state index >= 15 is 0 Å². The van der Waals surface area contributed by atoms with E-state index in [9.17, 15) is 9.59 Å². The van der Waals surface area contributed by atoms with Crippen molar-refractivity contribution in [2.24, 2.45) is 11.3 Å². The summed E-state index contributed by atoms with van der Waals surface area (Å²) in [6.45, 7) is 3.20. The molecular formula is C17H21NO4. The van der Waals surface area contributed by atoms with Gasteiger partial charge < -0.3 is 14.7 Å². The van der Waals surface area contributed by atoms with Gasteiger partial charge in [0.05, 0.1) is 13.0 Å². The highest BCUT2D eigenvalue weighted by Crippen LogP contribution is 2.59. The first-order valence-electron chi connectivity index (χ1n) is 7.63. The van der Waals surface area contributed by atoms with Crippen molar-refractivity contribution >= 4 is 11.9 Å². The summed E-state index contributed by atoms with van der Waals surface area (Å²) in [7, 11) is 1.61. The molecule has 1 spiro atoms. The lowest BCUT2D eigenvalue weighted by Gasteiger charge is -2.33. The molecule has 2 fully saturated rings. The molecule has 1 aromatic rings. The number of likely N-dealkylation sites (tertiary alicyclic amines) is 1. The van der Waals surface area contributed by atoms with Crippen LogP contribution in [0.3, 0.4) is 0 Å². The van der Waals surface area contributed by atoms with Crippen LogP contribution in [0.15, 0.2) is 18.2 Å². The number of carboxylic acid groups (broad SMARTS) is 1. The number of amides is 1. The van der Waals surface area contributed by atoms with Crippen molar-refractivity contribution in [2.45, 2.75) is 26.2 Å². The monoisotopic (exact) mass is 303 g/mol. The lowest BCUT2D eigenvalue weighted by atomic mass is 9.90. The van der Waals surface area contributed by atoms with Gasteiger partial charge in [0.25, 0.3) is 5.91 Å². The molecule has 1 aliphatic heterocycles. The van der Waals surface area contributed by atoms with Crippen LogP contribution in [-0.2, 0) is 4.79 Å². The molecule has 0 aromatic heterocycles. The largest absolute Gasteiger partial charge is 0.497 e. The fourth-order valence-corrected chi connectivity index (χ4v) is 3.58. The second-order valence-electron chi connectivity index (χ2n) is 6.43. The molecule has 0 bridgehead atoms. The van der Waals surface area contributed by atoms with Crippen molar-refractivity contribution in [3.05, 3.63) is 29.3 Å². The van der Waals surface area contributed by atoms with Gasteiger partial charge in [0, 0.05) is 18.7 Å². The molecule has 1 saturated carbocycles. The molecule has 1 heterocycles. The zero-order chi connectivity index (χ0) is 15.9. The molecule has 3 rings (SSSR count). The average Bonchev–Trinajstić information content (AvgIpc) is 3.21. The normalized spacial score (nSPS) is 22.5. The highest BCUT2D eigenvalue weighted by molar-refractivity contribution is 5.96. The van der Waals surface area contributed by atoms with E-state index in [4.69, 9.17) is 9.84 Å². The van der Waals surface area contributed by atoms with Crippen molar-refractivity contribution in [3.63, 3.8) is 0 Å². The van der Waals surface area contributed by atoms with Crippen LogP contribution < -0.4 is 4.74 Å². The minimum atomic E-state index is -0.689. The van der Waals surface area contributed by atoms with Gasteiger partial charge in [-0.3, -0.25) is 9.59 Å². The quantitative estimate of drug-likeness (QED) is 0.930. The number of benzene rings is 1. The molecule has 1 atom stereocenters. The maximum absolute atomic E-state index is 12.6. The number of carbonyl (C=O) groups excluding carboxylic acids is 1. The second kappa shape index (κ2) is 5.30. The molecule has 5 heteroatoms. The Balaban J connectivity index is 1.67. The van der Waals surface area contributed by atoms with Crippen LogP contribution in [0.1, 0.15) is 35.2 Å². The molecule has 22 heavy (non-hydrogen) atoms. The third-order valence-electron chi connectivity index (χ3n) is 5.20. The topological polar surface area (TPSA) is 66.8 Å². The van der Waals surface area contributed by atoms with Crippen LogP contribution in [0.2, 0.25) is 0 Å². The van der Waals surface area contributed by atoms with Gasteiger partial charge in [-0.1, -0.05) is 0 Å². The van der Waals surface area contributed by atoms with Crippen molar-refractivity contribution < 1.29 is 19.4 Å². The van der Waals surface area contributed by atoms with E-state index in [0.717, 1.165) is 30.6 Å². The summed E-state index contributed by atoms with van der Waals surface area (Å²) in [5.74, 6) is -0.116. The molecule has 5 nitrogen and oxygen atoms in total. The third kappa shape index (κ3) is 2.45. The van der Waals surface area contributed by atoms with E-state index in [2.05, 4.69) is 0 Å². The van der Waals surface area contributed by atoms with E-state index in [1.165, 1.54) is 0 Å². The van der Waals surface area contributed by atoms with Crippen LogP contribution in [0.5, 0.6) is 5.75 Å². The Labute approximate surface area is 129 Å². The number of carboxylic acids is 1. The van der Waals surface area contributed by atoms with Crippen LogP contribution in [-0.4, -0.2) is 42.1 Å². The van der Waals surface area contributed by atoms with Gasteiger partial charge in [-0.25, -0.2) is 0 Å². The molecule has 1 amide bonds. The van der Waals surface area contributed by atoms with E-state index in [1.807, 2.05) is 17.9 Å². The Morgan fingerprint density at radius 1 is 1.32 bits per heavy atom. The Morgan fingerprint density at radius 3 is 2.50 bits per heavy atom. The molecule has 1 N–H and O–H groups in total. The van der Waals surface area contributed by atoms with Crippen molar-refractivity contribution in [1.29, 1.82) is 0 Å². The predicted molar refractivity (Wildman–Crippen MR) is 81.0 cm³/mol. The Morgan fingerprint density at radius 2 is 2.00 bits per heavy atom. The Bertz CT molecular complexity index is 617. The van der Waals surface area contributed by atoms with Crippen molar-refractivity contribution in [2.75, 3.05) is 20.2 Å². The van der Waals surface area contributed by atoms with Crippen molar-refractivity contribution in [3.8, 4) is 5.75 Å². The van der Waals surface area contributed by atoms with E-state index < -0.39 is 5.97 Å². The third-order valence-corrected chi connectivity index (χ3v) is 5.20. The molecule has 1 saturated heterocycles. The number of piperidine rings is 1. The molecule has 118 valence electrons. The van der Waals surface area contributed by atoms with Gasteiger partial charge in [-0.15, -0.1) is 0 Å². The lowest BCUT2D eigenvalue weighted by Crippen LogP contribution is -2.40. The molecule has 1 unspecified atom stereocenters.